The molecule has 2 aromatic rings. The van der Waals surface area contributed by atoms with E-state index in [4.69, 9.17) is 9.47 Å². The molecule has 144 valence electrons. The monoisotopic (exact) mass is 372 g/mol. The predicted molar refractivity (Wildman–Crippen MR) is 99.8 cm³/mol. The maximum absolute atomic E-state index is 12.2. The smallest absolute Gasteiger partial charge is 0.355 e. The molecular weight excluding hydrogens is 348 g/mol. The Labute approximate surface area is 158 Å². The van der Waals surface area contributed by atoms with Crippen molar-refractivity contribution in [2.24, 2.45) is 7.05 Å². The van der Waals surface area contributed by atoms with E-state index in [1.807, 2.05) is 31.2 Å². The van der Waals surface area contributed by atoms with E-state index in [1.165, 1.54) is 22.5 Å². The molecule has 0 unspecified atom stereocenters. The molecule has 0 atom stereocenters. The van der Waals surface area contributed by atoms with Gasteiger partial charge in [0.05, 0.1) is 6.61 Å². The van der Waals surface area contributed by atoms with Crippen molar-refractivity contribution < 1.29 is 23.9 Å². The summed E-state index contributed by atoms with van der Waals surface area (Å²) in [7, 11) is 3.28. The normalized spacial score (nSPS) is 10.4. The van der Waals surface area contributed by atoms with Gasteiger partial charge in [0, 0.05) is 32.4 Å². The van der Waals surface area contributed by atoms with Crippen molar-refractivity contribution in [3.8, 4) is 5.75 Å². The van der Waals surface area contributed by atoms with Gasteiger partial charge in [0.15, 0.2) is 12.4 Å². The van der Waals surface area contributed by atoms with Crippen molar-refractivity contribution in [3.63, 3.8) is 0 Å². The van der Waals surface area contributed by atoms with Gasteiger partial charge in [-0.15, -0.1) is 0 Å². The standard InChI is InChI=1S/C20H24N2O5/c1-5-26-17-8-6-15(7-9-17)11-22(4)19(24)13-27-20(25)18-10-16(14(2)23)12-21(18)3/h6-10,12H,5,11,13H2,1-4H3. The van der Waals surface area contributed by atoms with Crippen LogP contribution < -0.4 is 4.74 Å². The molecule has 2 rings (SSSR count). The molecule has 0 saturated carbocycles. The van der Waals surface area contributed by atoms with Crippen molar-refractivity contribution in [1.29, 1.82) is 0 Å². The molecule has 1 aromatic carbocycles. The average Bonchev–Trinajstić information content (AvgIpc) is 3.03. The van der Waals surface area contributed by atoms with Crippen LogP contribution in [0.25, 0.3) is 0 Å². The molecule has 0 aliphatic carbocycles. The fourth-order valence-corrected chi connectivity index (χ4v) is 2.49. The molecule has 0 spiro atoms. The second-order valence-corrected chi connectivity index (χ2v) is 6.18. The first kappa shape index (κ1) is 20.2. The van der Waals surface area contributed by atoms with Crippen LogP contribution >= 0.6 is 0 Å². The van der Waals surface area contributed by atoms with Gasteiger partial charge < -0.3 is 18.9 Å². The highest BCUT2D eigenvalue weighted by Gasteiger charge is 2.18. The van der Waals surface area contributed by atoms with Crippen LogP contribution in [0, 0.1) is 0 Å². The second kappa shape index (κ2) is 9.02. The first-order chi connectivity index (χ1) is 12.8. The third kappa shape index (κ3) is 5.44. The first-order valence-corrected chi connectivity index (χ1v) is 8.62. The minimum absolute atomic E-state index is 0.143. The summed E-state index contributed by atoms with van der Waals surface area (Å²) in [5.74, 6) is -0.335. The number of esters is 1. The Bertz CT molecular complexity index is 823. The van der Waals surface area contributed by atoms with Gasteiger partial charge in [-0.1, -0.05) is 12.1 Å². The predicted octanol–water partition coefficient (Wildman–Crippen LogP) is 2.44. The Kier molecular flexibility index (Phi) is 6.76. The van der Waals surface area contributed by atoms with Gasteiger partial charge in [0.1, 0.15) is 11.4 Å². The number of Topliss-reactive ketones (excluding diaryl/α,β-unsaturated/α-hetero) is 1. The van der Waals surface area contributed by atoms with E-state index < -0.39 is 5.97 Å². The van der Waals surface area contributed by atoms with E-state index in [0.29, 0.717) is 18.7 Å². The molecule has 0 saturated heterocycles. The molecule has 1 heterocycles. The van der Waals surface area contributed by atoms with Crippen LogP contribution in [-0.4, -0.2) is 47.4 Å². The lowest BCUT2D eigenvalue weighted by atomic mass is 10.2. The van der Waals surface area contributed by atoms with Gasteiger partial charge in [-0.3, -0.25) is 9.59 Å². The maximum atomic E-state index is 12.2. The Morgan fingerprint density at radius 2 is 1.81 bits per heavy atom. The molecule has 0 N–H and O–H groups in total. The molecule has 1 amide bonds. The zero-order valence-corrected chi connectivity index (χ0v) is 16.0. The number of likely N-dealkylation sites (N-methyl/N-ethyl adjacent to an activating group) is 1. The maximum Gasteiger partial charge on any atom is 0.355 e. The molecule has 7 heteroatoms. The molecule has 7 nitrogen and oxygen atoms in total. The van der Waals surface area contributed by atoms with E-state index >= 15 is 0 Å². The minimum atomic E-state index is -0.646. The number of nitrogens with zero attached hydrogens (tertiary/aromatic N) is 2. The largest absolute Gasteiger partial charge is 0.494 e. The van der Waals surface area contributed by atoms with Gasteiger partial charge in [0.25, 0.3) is 5.91 Å². The average molecular weight is 372 g/mol. The summed E-state index contributed by atoms with van der Waals surface area (Å²) in [5.41, 5.74) is 1.58. The number of amides is 1. The first-order valence-electron chi connectivity index (χ1n) is 8.62. The number of rotatable bonds is 8. The Morgan fingerprint density at radius 3 is 2.37 bits per heavy atom. The number of ether oxygens (including phenoxy) is 2. The third-order valence-electron chi connectivity index (χ3n) is 4.03. The Morgan fingerprint density at radius 1 is 1.15 bits per heavy atom. The number of carbonyl (C=O) groups excluding carboxylic acids is 3. The summed E-state index contributed by atoms with van der Waals surface area (Å²) >= 11 is 0. The quantitative estimate of drug-likeness (QED) is 0.525. The van der Waals surface area contributed by atoms with Crippen LogP contribution in [0.5, 0.6) is 5.75 Å². The molecule has 0 aliphatic heterocycles. The molecule has 0 aliphatic rings. The molecule has 0 bridgehead atoms. The highest BCUT2D eigenvalue weighted by molar-refractivity contribution is 5.98. The lowest BCUT2D eigenvalue weighted by molar-refractivity contribution is -0.133. The summed E-state index contributed by atoms with van der Waals surface area (Å²) < 4.78 is 12.0. The molecule has 0 fully saturated rings. The summed E-state index contributed by atoms with van der Waals surface area (Å²) in [5, 5.41) is 0. The number of aromatic nitrogens is 1. The van der Waals surface area contributed by atoms with Crippen molar-refractivity contribution in [2.45, 2.75) is 20.4 Å². The zero-order valence-electron chi connectivity index (χ0n) is 16.0. The van der Waals surface area contributed by atoms with Crippen molar-refractivity contribution in [2.75, 3.05) is 20.3 Å². The fourth-order valence-electron chi connectivity index (χ4n) is 2.49. The fraction of sp³-hybridized carbons (Fsp3) is 0.350. The number of ketones is 1. The van der Waals surface area contributed by atoms with Gasteiger partial charge in [-0.05, 0) is 37.6 Å². The van der Waals surface area contributed by atoms with Crippen LogP contribution in [0.4, 0.5) is 0 Å². The molecular formula is C20H24N2O5. The number of hydrogen-bond acceptors (Lipinski definition) is 5. The van der Waals surface area contributed by atoms with Crippen LogP contribution in [0.2, 0.25) is 0 Å². The summed E-state index contributed by atoms with van der Waals surface area (Å²) in [4.78, 5) is 37.2. The highest BCUT2D eigenvalue weighted by Crippen LogP contribution is 2.14. The molecule has 1 aromatic heterocycles. The summed E-state index contributed by atoms with van der Waals surface area (Å²) in [6.07, 6.45) is 1.55. The van der Waals surface area contributed by atoms with Crippen molar-refractivity contribution >= 4 is 17.7 Å². The summed E-state index contributed by atoms with van der Waals surface area (Å²) in [6, 6.07) is 8.92. The third-order valence-corrected chi connectivity index (χ3v) is 4.03. The SMILES string of the molecule is CCOc1ccc(CN(C)C(=O)COC(=O)c2cc(C(C)=O)cn2C)cc1. The lowest BCUT2D eigenvalue weighted by Gasteiger charge is -2.17. The van der Waals surface area contributed by atoms with E-state index in [-0.39, 0.29) is 24.0 Å². The lowest BCUT2D eigenvalue weighted by Crippen LogP contribution is -2.31. The number of benzene rings is 1. The molecule has 27 heavy (non-hydrogen) atoms. The zero-order chi connectivity index (χ0) is 20.0. The second-order valence-electron chi connectivity index (χ2n) is 6.18. The minimum Gasteiger partial charge on any atom is -0.494 e. The number of hydrogen-bond donors (Lipinski definition) is 0. The highest BCUT2D eigenvalue weighted by atomic mass is 16.5. The van der Waals surface area contributed by atoms with E-state index in [2.05, 4.69) is 0 Å². The topological polar surface area (TPSA) is 77.8 Å². The van der Waals surface area contributed by atoms with Crippen molar-refractivity contribution in [1.82, 2.24) is 9.47 Å². The van der Waals surface area contributed by atoms with E-state index in [1.54, 1.807) is 20.3 Å². The van der Waals surface area contributed by atoms with E-state index in [9.17, 15) is 14.4 Å². The van der Waals surface area contributed by atoms with Gasteiger partial charge in [0.2, 0.25) is 0 Å². The van der Waals surface area contributed by atoms with Crippen molar-refractivity contribution in [3.05, 3.63) is 53.3 Å². The summed E-state index contributed by atoms with van der Waals surface area (Å²) in [6.45, 7) is 3.95. The molecule has 0 radical (unpaired) electrons. The van der Waals surface area contributed by atoms with E-state index in [0.717, 1.165) is 11.3 Å². The Hall–Kier alpha value is -3.09. The van der Waals surface area contributed by atoms with Gasteiger partial charge in [-0.2, -0.15) is 0 Å². The van der Waals surface area contributed by atoms with Gasteiger partial charge >= 0.3 is 5.97 Å². The van der Waals surface area contributed by atoms with Crippen LogP contribution in [0.3, 0.4) is 0 Å². The number of carbonyl (C=O) groups is 3. The number of aryl methyl sites for hydroxylation is 1. The van der Waals surface area contributed by atoms with Crippen LogP contribution in [0.15, 0.2) is 36.5 Å². The van der Waals surface area contributed by atoms with Gasteiger partial charge in [-0.25, -0.2) is 4.79 Å². The van der Waals surface area contributed by atoms with Crippen LogP contribution in [0.1, 0.15) is 40.3 Å². The van der Waals surface area contributed by atoms with Crippen LogP contribution in [-0.2, 0) is 23.1 Å². The Balaban J connectivity index is 1.88.